The van der Waals surface area contributed by atoms with Crippen LogP contribution in [0.15, 0.2) is 59.5 Å². The maximum absolute atomic E-state index is 12.5. The summed E-state index contributed by atoms with van der Waals surface area (Å²) in [4.78, 5) is 3.47. The molecule has 0 aromatic heterocycles. The third kappa shape index (κ3) is 2.67. The third-order valence-corrected chi connectivity index (χ3v) is 4.74. The summed E-state index contributed by atoms with van der Waals surface area (Å²) in [6.45, 7) is 9.08. The maximum atomic E-state index is 12.5. The van der Waals surface area contributed by atoms with Crippen LogP contribution in [0.5, 0.6) is 0 Å². The van der Waals surface area contributed by atoms with Crippen LogP contribution < -0.4 is 0 Å². The lowest BCUT2D eigenvalue weighted by Crippen LogP contribution is -2.10. The Morgan fingerprint density at radius 3 is 2.11 bits per heavy atom. The molecular weight excluding hydrogens is 258 g/mol. The van der Waals surface area contributed by atoms with Crippen molar-refractivity contribution in [1.29, 1.82) is 0 Å². The third-order valence-electron chi connectivity index (χ3n) is 2.85. The zero-order valence-corrected chi connectivity index (χ0v) is 11.3. The first-order valence-corrected chi connectivity index (χ1v) is 7.32. The van der Waals surface area contributed by atoms with Crippen LogP contribution in [0.2, 0.25) is 0 Å². The number of hydrogen-bond acceptors (Lipinski definition) is 2. The highest BCUT2D eigenvalue weighted by Crippen LogP contribution is 2.30. The van der Waals surface area contributed by atoms with E-state index in [0.29, 0.717) is 5.56 Å². The number of nitrogens with zero attached hydrogens (tertiary/aromatic N) is 1. The minimum Gasteiger partial charge on any atom is -0.291 e. The molecule has 4 heteroatoms. The lowest BCUT2D eigenvalue weighted by atomic mass is 10.2. The minimum absolute atomic E-state index is 0.183. The van der Waals surface area contributed by atoms with Gasteiger partial charge in [-0.25, -0.2) is 15.0 Å². The van der Waals surface area contributed by atoms with Crippen LogP contribution >= 0.6 is 0 Å². The molecule has 0 aliphatic rings. The van der Waals surface area contributed by atoms with Crippen molar-refractivity contribution in [2.45, 2.75) is 17.2 Å². The Balaban J connectivity index is 2.49. The van der Waals surface area contributed by atoms with E-state index in [1.165, 1.54) is 0 Å². The molecule has 0 spiro atoms. The largest absolute Gasteiger partial charge is 0.350 e. The standard InChI is InChI=1S/C15H13NO2S/c1-12-8-10-14(11-9-12)19(17,18)15(16-2)13-6-4-3-5-7-13/h3-11,15H,1H3/t15-/m0/s1. The Morgan fingerprint density at radius 1 is 1.00 bits per heavy atom. The van der Waals surface area contributed by atoms with E-state index in [-0.39, 0.29) is 4.90 Å². The summed E-state index contributed by atoms with van der Waals surface area (Å²) in [6.07, 6.45) is 0. The second-order valence-electron chi connectivity index (χ2n) is 4.25. The fourth-order valence-electron chi connectivity index (χ4n) is 1.80. The topological polar surface area (TPSA) is 38.5 Å². The van der Waals surface area contributed by atoms with Crippen LogP contribution in [0, 0.1) is 13.5 Å². The predicted octanol–water partition coefficient (Wildman–Crippen LogP) is 3.39. The number of sulfone groups is 1. The van der Waals surface area contributed by atoms with E-state index in [1.807, 2.05) is 6.92 Å². The maximum Gasteiger partial charge on any atom is 0.350 e. The Morgan fingerprint density at radius 2 is 1.58 bits per heavy atom. The van der Waals surface area contributed by atoms with Gasteiger partial charge in [0.15, 0.2) is 0 Å². The summed E-state index contributed by atoms with van der Waals surface area (Å²) < 4.78 is 24.9. The smallest absolute Gasteiger partial charge is 0.291 e. The van der Waals surface area contributed by atoms with Gasteiger partial charge in [0.2, 0.25) is 0 Å². The molecule has 1 atom stereocenters. The second-order valence-corrected chi connectivity index (χ2v) is 6.26. The van der Waals surface area contributed by atoms with Crippen molar-refractivity contribution in [3.8, 4) is 0 Å². The molecule has 2 aromatic rings. The molecule has 3 nitrogen and oxygen atoms in total. The number of hydrogen-bond donors (Lipinski definition) is 0. The van der Waals surface area contributed by atoms with Gasteiger partial charge in [0.05, 0.1) is 10.5 Å². The Hall–Kier alpha value is -2.12. The van der Waals surface area contributed by atoms with Gasteiger partial charge in [0.25, 0.3) is 9.84 Å². The molecule has 96 valence electrons. The first-order valence-electron chi connectivity index (χ1n) is 5.78. The summed E-state index contributed by atoms with van der Waals surface area (Å²) in [5, 5.41) is -1.18. The molecule has 19 heavy (non-hydrogen) atoms. The summed E-state index contributed by atoms with van der Waals surface area (Å²) in [6, 6.07) is 15.2. The first kappa shape index (κ1) is 13.3. The fraction of sp³-hybridized carbons (Fsp3) is 0.133. The Bertz CT molecular complexity index is 698. The molecule has 0 aliphatic carbocycles. The van der Waals surface area contributed by atoms with Crippen molar-refractivity contribution >= 4 is 9.84 Å². The molecule has 0 saturated heterocycles. The molecule has 0 radical (unpaired) electrons. The molecular formula is C15H13NO2S. The van der Waals surface area contributed by atoms with Crippen LogP contribution in [0.1, 0.15) is 16.5 Å². The first-order chi connectivity index (χ1) is 9.05. The van der Waals surface area contributed by atoms with Gasteiger partial charge in [-0.05, 0) is 19.1 Å². The van der Waals surface area contributed by atoms with Gasteiger partial charge >= 0.3 is 5.37 Å². The molecule has 2 rings (SSSR count). The molecule has 0 amide bonds. The van der Waals surface area contributed by atoms with Gasteiger partial charge < -0.3 is 0 Å². The van der Waals surface area contributed by atoms with Crippen LogP contribution in [0.25, 0.3) is 4.85 Å². The number of benzene rings is 2. The van der Waals surface area contributed by atoms with Gasteiger partial charge in [-0.1, -0.05) is 48.0 Å². The molecule has 0 aliphatic heterocycles. The summed E-state index contributed by atoms with van der Waals surface area (Å²) in [5.41, 5.74) is 1.48. The highest BCUT2D eigenvalue weighted by molar-refractivity contribution is 7.91. The van der Waals surface area contributed by atoms with Crippen molar-refractivity contribution in [2.24, 2.45) is 0 Å². The van der Waals surface area contributed by atoms with E-state index in [4.69, 9.17) is 6.57 Å². The zero-order chi connectivity index (χ0) is 13.9. The van der Waals surface area contributed by atoms with Crippen molar-refractivity contribution in [1.82, 2.24) is 0 Å². The summed E-state index contributed by atoms with van der Waals surface area (Å²) >= 11 is 0. The summed E-state index contributed by atoms with van der Waals surface area (Å²) in [5.74, 6) is 0. The molecule has 0 heterocycles. The highest BCUT2D eigenvalue weighted by atomic mass is 32.2. The Labute approximate surface area is 113 Å². The SMILES string of the molecule is [C-]#[N+][C@H](c1ccccc1)S(=O)(=O)c1ccc(C)cc1. The molecule has 0 N–H and O–H groups in total. The lowest BCUT2D eigenvalue weighted by Gasteiger charge is -2.08. The van der Waals surface area contributed by atoms with Crippen molar-refractivity contribution in [2.75, 3.05) is 0 Å². The monoisotopic (exact) mass is 271 g/mol. The zero-order valence-electron chi connectivity index (χ0n) is 10.4. The lowest BCUT2D eigenvalue weighted by molar-refractivity contribution is 0.590. The van der Waals surface area contributed by atoms with E-state index in [2.05, 4.69) is 4.85 Å². The van der Waals surface area contributed by atoms with Gasteiger partial charge in [0.1, 0.15) is 0 Å². The predicted molar refractivity (Wildman–Crippen MR) is 74.1 cm³/mol. The second kappa shape index (κ2) is 5.25. The molecule has 0 bridgehead atoms. The van der Waals surface area contributed by atoms with Gasteiger partial charge in [-0.2, -0.15) is 0 Å². The molecule has 0 unspecified atom stereocenters. The van der Waals surface area contributed by atoms with E-state index < -0.39 is 15.2 Å². The van der Waals surface area contributed by atoms with E-state index >= 15 is 0 Å². The van der Waals surface area contributed by atoms with E-state index in [1.54, 1.807) is 54.6 Å². The van der Waals surface area contributed by atoms with E-state index in [9.17, 15) is 8.42 Å². The van der Waals surface area contributed by atoms with Crippen molar-refractivity contribution < 1.29 is 8.42 Å². The van der Waals surface area contributed by atoms with Crippen molar-refractivity contribution in [3.63, 3.8) is 0 Å². The van der Waals surface area contributed by atoms with Gasteiger partial charge in [-0.15, -0.1) is 0 Å². The number of aryl methyl sites for hydroxylation is 1. The molecule has 0 saturated carbocycles. The minimum atomic E-state index is -3.68. The normalized spacial score (nSPS) is 12.6. The Kier molecular flexibility index (Phi) is 3.68. The summed E-state index contributed by atoms with van der Waals surface area (Å²) in [7, 11) is -3.68. The van der Waals surface area contributed by atoms with Gasteiger partial charge in [0, 0.05) is 0 Å². The van der Waals surface area contributed by atoms with Crippen molar-refractivity contribution in [3.05, 3.63) is 77.1 Å². The van der Waals surface area contributed by atoms with E-state index in [0.717, 1.165) is 5.56 Å². The van der Waals surface area contributed by atoms with Crippen LogP contribution in [-0.2, 0) is 9.84 Å². The highest BCUT2D eigenvalue weighted by Gasteiger charge is 2.34. The number of rotatable bonds is 3. The molecule has 2 aromatic carbocycles. The molecule has 0 fully saturated rings. The van der Waals surface area contributed by atoms with Gasteiger partial charge in [-0.3, -0.25) is 4.85 Å². The quantitative estimate of drug-likeness (QED) is 0.803. The fourth-order valence-corrected chi connectivity index (χ4v) is 3.23. The van der Waals surface area contributed by atoms with Crippen LogP contribution in [0.3, 0.4) is 0 Å². The van der Waals surface area contributed by atoms with Crippen LogP contribution in [-0.4, -0.2) is 8.42 Å². The van der Waals surface area contributed by atoms with Crippen LogP contribution in [0.4, 0.5) is 0 Å². The average molecular weight is 271 g/mol. The average Bonchev–Trinajstić information content (AvgIpc) is 2.41.